The van der Waals surface area contributed by atoms with E-state index >= 15 is 0 Å². The van der Waals surface area contributed by atoms with Gasteiger partial charge >= 0.3 is 0 Å². The average molecular weight is 286 g/mol. The first-order valence-electron chi connectivity index (χ1n) is 7.42. The van der Waals surface area contributed by atoms with E-state index in [4.69, 9.17) is 4.84 Å². The second-order valence-corrected chi connectivity index (χ2v) is 6.45. The van der Waals surface area contributed by atoms with Crippen molar-refractivity contribution in [2.75, 3.05) is 0 Å². The predicted octanol–water partition coefficient (Wildman–Crippen LogP) is 2.09. The normalized spacial score (nSPS) is 45.0. The van der Waals surface area contributed by atoms with Crippen LogP contribution in [0.2, 0.25) is 0 Å². The number of nitro groups is 1. The Kier molecular flexibility index (Phi) is 2.09. The Labute approximate surface area is 120 Å². The van der Waals surface area contributed by atoms with Crippen molar-refractivity contribution in [3.8, 4) is 0 Å². The van der Waals surface area contributed by atoms with Gasteiger partial charge < -0.3 is 4.84 Å². The molecule has 5 aliphatic rings. The second-order valence-electron chi connectivity index (χ2n) is 6.45. The monoisotopic (exact) mass is 286 g/mol. The van der Waals surface area contributed by atoms with Crippen LogP contribution in [-0.2, 0) is 4.84 Å². The van der Waals surface area contributed by atoms with E-state index in [1.165, 1.54) is 0 Å². The standard InChI is InChI=1S/C14H14N4O3/c19-18(20)7-3-1-6(2-4-7)11-10-8-5-9(14(10)21-17-11)13-12(8)15-16-13/h1,3,8-10,12-14H,2,4-5H2. The maximum absolute atomic E-state index is 10.8. The zero-order valence-corrected chi connectivity index (χ0v) is 11.3. The van der Waals surface area contributed by atoms with Gasteiger partial charge in [0, 0.05) is 24.3 Å². The van der Waals surface area contributed by atoms with Crippen LogP contribution in [0, 0.1) is 27.9 Å². The summed E-state index contributed by atoms with van der Waals surface area (Å²) in [7, 11) is 0. The Balaban J connectivity index is 1.45. The number of allylic oxidation sites excluding steroid dienone is 4. The first-order valence-corrected chi connectivity index (χ1v) is 7.42. The molecule has 5 rings (SSSR count). The average Bonchev–Trinajstić information content (AvgIpc) is 3.06. The van der Waals surface area contributed by atoms with E-state index < -0.39 is 0 Å². The minimum Gasteiger partial charge on any atom is -0.391 e. The van der Waals surface area contributed by atoms with Gasteiger partial charge in [0.05, 0.1) is 16.7 Å². The van der Waals surface area contributed by atoms with E-state index in [1.54, 1.807) is 6.08 Å². The van der Waals surface area contributed by atoms with Gasteiger partial charge in [-0.05, 0) is 24.3 Å². The Hall–Kier alpha value is -2.05. The van der Waals surface area contributed by atoms with Crippen molar-refractivity contribution in [1.82, 2.24) is 0 Å². The number of hydrogen-bond donors (Lipinski definition) is 0. The summed E-state index contributed by atoms with van der Waals surface area (Å²) < 4.78 is 0. The van der Waals surface area contributed by atoms with E-state index in [0.29, 0.717) is 42.7 Å². The quantitative estimate of drug-likeness (QED) is 0.575. The maximum atomic E-state index is 10.8. The molecule has 21 heavy (non-hydrogen) atoms. The summed E-state index contributed by atoms with van der Waals surface area (Å²) in [6.45, 7) is 0. The Morgan fingerprint density at radius 3 is 2.67 bits per heavy atom. The Bertz CT molecular complexity index is 665. The molecule has 0 saturated heterocycles. The summed E-state index contributed by atoms with van der Waals surface area (Å²) in [5.41, 5.74) is 2.37. The minimum absolute atomic E-state index is 0.146. The maximum Gasteiger partial charge on any atom is 0.246 e. The molecular formula is C14H14N4O3. The first kappa shape index (κ1) is 11.6. The van der Waals surface area contributed by atoms with Crippen LogP contribution >= 0.6 is 0 Å². The van der Waals surface area contributed by atoms with E-state index in [-0.39, 0.29) is 16.7 Å². The third kappa shape index (κ3) is 1.36. The lowest BCUT2D eigenvalue weighted by molar-refractivity contribution is -0.428. The van der Waals surface area contributed by atoms with Gasteiger partial charge in [0.25, 0.3) is 0 Å². The van der Waals surface area contributed by atoms with Crippen molar-refractivity contribution in [1.29, 1.82) is 0 Å². The number of fused-ring (bicyclic) bond motifs is 8. The summed E-state index contributed by atoms with van der Waals surface area (Å²) in [4.78, 5) is 16.2. The highest BCUT2D eigenvalue weighted by atomic mass is 16.6. The van der Waals surface area contributed by atoms with E-state index in [1.807, 2.05) is 6.08 Å². The molecule has 2 fully saturated rings. The molecule has 3 aliphatic carbocycles. The van der Waals surface area contributed by atoms with Crippen LogP contribution in [0.3, 0.4) is 0 Å². The van der Waals surface area contributed by atoms with Crippen LogP contribution in [0.4, 0.5) is 0 Å². The Morgan fingerprint density at radius 2 is 2.00 bits per heavy atom. The third-order valence-corrected chi connectivity index (χ3v) is 5.62. The molecule has 7 heteroatoms. The van der Waals surface area contributed by atoms with Crippen LogP contribution in [0.25, 0.3) is 0 Å². The van der Waals surface area contributed by atoms with Gasteiger partial charge in [0.2, 0.25) is 5.70 Å². The highest BCUT2D eigenvalue weighted by molar-refractivity contribution is 6.03. The van der Waals surface area contributed by atoms with Crippen molar-refractivity contribution in [2.24, 2.45) is 33.1 Å². The molecule has 0 N–H and O–H groups in total. The lowest BCUT2D eigenvalue weighted by Gasteiger charge is -2.36. The molecule has 0 spiro atoms. The van der Waals surface area contributed by atoms with Gasteiger partial charge in [-0.3, -0.25) is 10.1 Å². The zero-order chi connectivity index (χ0) is 14.1. The molecule has 2 bridgehead atoms. The van der Waals surface area contributed by atoms with Gasteiger partial charge in [-0.25, -0.2) is 0 Å². The number of nitrogens with zero attached hydrogens (tertiary/aromatic N) is 4. The highest BCUT2D eigenvalue weighted by Gasteiger charge is 2.66. The van der Waals surface area contributed by atoms with Crippen LogP contribution < -0.4 is 0 Å². The SMILES string of the molecule is O=[N+]([O-])C1=CC=C(C2=NOC3C4CC(C5N=NC45)C23)CC1. The lowest BCUT2D eigenvalue weighted by atomic mass is 9.75. The molecule has 7 nitrogen and oxygen atoms in total. The first-order chi connectivity index (χ1) is 10.2. The minimum atomic E-state index is -0.306. The topological polar surface area (TPSA) is 89.5 Å². The molecule has 0 radical (unpaired) electrons. The molecule has 0 aromatic rings. The predicted molar refractivity (Wildman–Crippen MR) is 72.2 cm³/mol. The second kappa shape index (κ2) is 3.78. The molecule has 6 atom stereocenters. The van der Waals surface area contributed by atoms with Gasteiger partial charge in [-0.2, -0.15) is 10.2 Å². The summed E-state index contributed by atoms with van der Waals surface area (Å²) in [6, 6.07) is 0.712. The summed E-state index contributed by atoms with van der Waals surface area (Å²) in [6.07, 6.45) is 5.86. The van der Waals surface area contributed by atoms with Crippen molar-refractivity contribution in [2.45, 2.75) is 37.5 Å². The molecule has 2 heterocycles. The van der Waals surface area contributed by atoms with E-state index in [0.717, 1.165) is 17.7 Å². The van der Waals surface area contributed by atoms with Crippen molar-refractivity contribution in [3.63, 3.8) is 0 Å². The molecule has 2 aliphatic heterocycles. The van der Waals surface area contributed by atoms with Crippen LogP contribution in [-0.4, -0.2) is 28.8 Å². The van der Waals surface area contributed by atoms with Crippen LogP contribution in [0.5, 0.6) is 0 Å². The molecule has 0 aromatic heterocycles. The lowest BCUT2D eigenvalue weighted by Crippen LogP contribution is -2.47. The van der Waals surface area contributed by atoms with Gasteiger partial charge in [-0.15, -0.1) is 0 Å². The van der Waals surface area contributed by atoms with Crippen molar-refractivity contribution in [3.05, 3.63) is 33.5 Å². The van der Waals surface area contributed by atoms with Gasteiger partial charge in [0.1, 0.15) is 12.1 Å². The number of azo groups is 1. The van der Waals surface area contributed by atoms with Crippen LogP contribution in [0.15, 0.2) is 38.8 Å². The molecule has 108 valence electrons. The molecule has 0 amide bonds. The fourth-order valence-corrected chi connectivity index (χ4v) is 4.63. The Morgan fingerprint density at radius 1 is 1.19 bits per heavy atom. The van der Waals surface area contributed by atoms with E-state index in [2.05, 4.69) is 15.4 Å². The fourth-order valence-electron chi connectivity index (χ4n) is 4.63. The third-order valence-electron chi connectivity index (χ3n) is 5.62. The van der Waals surface area contributed by atoms with Crippen LogP contribution in [0.1, 0.15) is 19.3 Å². The van der Waals surface area contributed by atoms with Crippen molar-refractivity contribution >= 4 is 5.71 Å². The van der Waals surface area contributed by atoms with Gasteiger partial charge in [0.15, 0.2) is 0 Å². The summed E-state index contributed by atoms with van der Waals surface area (Å²) in [5, 5.41) is 23.6. The molecular weight excluding hydrogens is 272 g/mol. The van der Waals surface area contributed by atoms with Gasteiger partial charge in [-0.1, -0.05) is 11.2 Å². The van der Waals surface area contributed by atoms with Crippen molar-refractivity contribution < 1.29 is 9.76 Å². The number of oxime groups is 1. The zero-order valence-electron chi connectivity index (χ0n) is 11.3. The smallest absolute Gasteiger partial charge is 0.246 e. The van der Waals surface area contributed by atoms with E-state index in [9.17, 15) is 10.1 Å². The molecule has 6 unspecified atom stereocenters. The number of hydrogen-bond acceptors (Lipinski definition) is 6. The fraction of sp³-hybridized carbons (Fsp3) is 0.643. The largest absolute Gasteiger partial charge is 0.391 e. The highest BCUT2D eigenvalue weighted by Crippen LogP contribution is 2.58. The molecule has 0 aromatic carbocycles. The number of rotatable bonds is 2. The summed E-state index contributed by atoms with van der Waals surface area (Å²) in [5.74, 6) is 1.26. The molecule has 2 saturated carbocycles. The summed E-state index contributed by atoms with van der Waals surface area (Å²) >= 11 is 0.